The van der Waals surface area contributed by atoms with E-state index in [2.05, 4.69) is 15.3 Å². The van der Waals surface area contributed by atoms with Gasteiger partial charge in [0.15, 0.2) is 0 Å². The third-order valence-electron chi connectivity index (χ3n) is 3.24. The van der Waals surface area contributed by atoms with Crippen molar-refractivity contribution < 1.29 is 0 Å². The van der Waals surface area contributed by atoms with Gasteiger partial charge in [0.25, 0.3) is 5.56 Å². The molecule has 0 radical (unpaired) electrons. The van der Waals surface area contributed by atoms with Crippen molar-refractivity contribution in [3.8, 4) is 0 Å². The molecule has 17 heavy (non-hydrogen) atoms. The zero-order valence-corrected chi connectivity index (χ0v) is 10.6. The predicted molar refractivity (Wildman–Crippen MR) is 70.8 cm³/mol. The fourth-order valence-corrected chi connectivity index (χ4v) is 3.24. The minimum atomic E-state index is -0.0344. The molecule has 0 bridgehead atoms. The number of hydrogen-bond donors (Lipinski definition) is 2. The molecule has 2 N–H and O–H groups in total. The van der Waals surface area contributed by atoms with Crippen molar-refractivity contribution in [2.45, 2.75) is 37.6 Å². The first kappa shape index (κ1) is 11.1. The monoisotopic (exact) mass is 251 g/mol. The van der Waals surface area contributed by atoms with Crippen molar-refractivity contribution in [2.24, 2.45) is 0 Å². The lowest BCUT2D eigenvalue weighted by Gasteiger charge is -2.22. The maximum Gasteiger partial charge on any atom is 0.252 e. The zero-order valence-electron chi connectivity index (χ0n) is 9.74. The van der Waals surface area contributed by atoms with E-state index in [0.29, 0.717) is 12.0 Å². The molecule has 4 nitrogen and oxygen atoms in total. The lowest BCUT2D eigenvalue weighted by molar-refractivity contribution is 0.680. The van der Waals surface area contributed by atoms with Crippen LogP contribution in [0.2, 0.25) is 0 Å². The van der Waals surface area contributed by atoms with Crippen LogP contribution in [-0.2, 0) is 0 Å². The lowest BCUT2D eigenvalue weighted by Crippen LogP contribution is -2.27. The first-order valence-corrected chi connectivity index (χ1v) is 7.42. The Morgan fingerprint density at radius 3 is 3.00 bits per heavy atom. The molecule has 0 amide bonds. The third kappa shape index (κ3) is 2.83. The van der Waals surface area contributed by atoms with Crippen LogP contribution < -0.4 is 10.9 Å². The van der Waals surface area contributed by atoms with Crippen molar-refractivity contribution in [1.29, 1.82) is 0 Å². The molecular weight excluding hydrogens is 234 g/mol. The summed E-state index contributed by atoms with van der Waals surface area (Å²) in [5.74, 6) is 4.48. The summed E-state index contributed by atoms with van der Waals surface area (Å²) in [5, 5.41) is 3.39. The molecule has 2 fully saturated rings. The molecule has 1 aromatic rings. The van der Waals surface area contributed by atoms with Crippen molar-refractivity contribution in [2.75, 3.05) is 16.8 Å². The van der Waals surface area contributed by atoms with Crippen LogP contribution in [0.4, 0.5) is 5.82 Å². The zero-order chi connectivity index (χ0) is 11.7. The van der Waals surface area contributed by atoms with Gasteiger partial charge in [0, 0.05) is 23.8 Å². The van der Waals surface area contributed by atoms with E-state index < -0.39 is 0 Å². The molecule has 1 aliphatic carbocycles. The summed E-state index contributed by atoms with van der Waals surface area (Å²) in [7, 11) is 0. The second-order valence-corrected chi connectivity index (χ2v) is 6.00. The van der Waals surface area contributed by atoms with E-state index in [-0.39, 0.29) is 5.56 Å². The molecule has 1 saturated carbocycles. The number of hydrogen-bond acceptors (Lipinski definition) is 4. The number of rotatable bonds is 3. The highest BCUT2D eigenvalue weighted by atomic mass is 32.2. The second-order valence-electron chi connectivity index (χ2n) is 4.85. The van der Waals surface area contributed by atoms with E-state index in [0.717, 1.165) is 30.2 Å². The van der Waals surface area contributed by atoms with Gasteiger partial charge in [0.05, 0.1) is 0 Å². The Bertz CT molecular complexity index is 449. The SMILES string of the molecule is O=c1cc(NC2CCCSC2)nc(C2CC2)[nH]1. The van der Waals surface area contributed by atoms with E-state index in [4.69, 9.17) is 0 Å². The number of anilines is 1. The van der Waals surface area contributed by atoms with Gasteiger partial charge in [-0.15, -0.1) is 0 Å². The summed E-state index contributed by atoms with van der Waals surface area (Å²) in [6.45, 7) is 0. The minimum Gasteiger partial charge on any atom is -0.366 e. The van der Waals surface area contributed by atoms with Gasteiger partial charge >= 0.3 is 0 Å². The Hall–Kier alpha value is -0.970. The highest BCUT2D eigenvalue weighted by molar-refractivity contribution is 7.99. The van der Waals surface area contributed by atoms with Gasteiger partial charge in [-0.2, -0.15) is 11.8 Å². The topological polar surface area (TPSA) is 57.8 Å². The van der Waals surface area contributed by atoms with Crippen molar-refractivity contribution in [3.05, 3.63) is 22.2 Å². The molecule has 0 aromatic carbocycles. The average Bonchev–Trinajstić information content (AvgIpc) is 3.13. The molecule has 2 heterocycles. The molecule has 1 atom stereocenters. The quantitative estimate of drug-likeness (QED) is 0.862. The molecule has 5 heteroatoms. The van der Waals surface area contributed by atoms with Crippen LogP contribution in [0.15, 0.2) is 10.9 Å². The van der Waals surface area contributed by atoms with Crippen LogP contribution in [0.5, 0.6) is 0 Å². The Balaban J connectivity index is 1.74. The summed E-state index contributed by atoms with van der Waals surface area (Å²) in [6.07, 6.45) is 4.75. The number of aromatic amines is 1. The molecule has 1 saturated heterocycles. The van der Waals surface area contributed by atoms with Crippen molar-refractivity contribution >= 4 is 17.6 Å². The van der Waals surface area contributed by atoms with Gasteiger partial charge in [0.1, 0.15) is 11.6 Å². The van der Waals surface area contributed by atoms with Crippen molar-refractivity contribution in [1.82, 2.24) is 9.97 Å². The minimum absolute atomic E-state index is 0.0344. The molecular formula is C12H17N3OS. The van der Waals surface area contributed by atoms with Gasteiger partial charge in [-0.1, -0.05) is 0 Å². The van der Waals surface area contributed by atoms with E-state index in [1.165, 1.54) is 18.6 Å². The standard InChI is InChI=1S/C12H17N3OS/c16-11-6-10(13-9-2-1-5-17-7-9)14-12(15-11)8-3-4-8/h6,8-9H,1-5,7H2,(H2,13,14,15,16). The van der Waals surface area contributed by atoms with Gasteiger partial charge < -0.3 is 10.3 Å². The van der Waals surface area contributed by atoms with Crippen LogP contribution in [0.1, 0.15) is 37.4 Å². The molecule has 2 aliphatic rings. The molecule has 1 aromatic heterocycles. The average molecular weight is 251 g/mol. The van der Waals surface area contributed by atoms with E-state index in [1.807, 2.05) is 11.8 Å². The van der Waals surface area contributed by atoms with E-state index >= 15 is 0 Å². The van der Waals surface area contributed by atoms with Crippen LogP contribution in [0, 0.1) is 0 Å². The Morgan fingerprint density at radius 2 is 2.29 bits per heavy atom. The molecule has 1 unspecified atom stereocenters. The van der Waals surface area contributed by atoms with E-state index in [9.17, 15) is 4.79 Å². The highest BCUT2D eigenvalue weighted by Crippen LogP contribution is 2.37. The van der Waals surface area contributed by atoms with Gasteiger partial charge in [-0.25, -0.2) is 4.98 Å². The summed E-state index contributed by atoms with van der Waals surface area (Å²) < 4.78 is 0. The largest absolute Gasteiger partial charge is 0.366 e. The maximum absolute atomic E-state index is 11.5. The van der Waals surface area contributed by atoms with Gasteiger partial charge in [-0.3, -0.25) is 4.79 Å². The van der Waals surface area contributed by atoms with Crippen LogP contribution >= 0.6 is 11.8 Å². The van der Waals surface area contributed by atoms with E-state index in [1.54, 1.807) is 6.07 Å². The van der Waals surface area contributed by atoms with Crippen molar-refractivity contribution in [3.63, 3.8) is 0 Å². The molecule has 1 aliphatic heterocycles. The molecule has 92 valence electrons. The van der Waals surface area contributed by atoms with Crippen LogP contribution in [-0.4, -0.2) is 27.5 Å². The Kier molecular flexibility index (Phi) is 3.09. The smallest absolute Gasteiger partial charge is 0.252 e. The van der Waals surface area contributed by atoms with Crippen LogP contribution in [0.25, 0.3) is 0 Å². The fraction of sp³-hybridized carbons (Fsp3) is 0.667. The molecule has 0 spiro atoms. The first-order valence-electron chi connectivity index (χ1n) is 6.27. The summed E-state index contributed by atoms with van der Waals surface area (Å²) in [4.78, 5) is 18.9. The molecule has 3 rings (SSSR count). The Morgan fingerprint density at radius 1 is 1.41 bits per heavy atom. The summed E-state index contributed by atoms with van der Waals surface area (Å²) >= 11 is 1.97. The van der Waals surface area contributed by atoms with Gasteiger partial charge in [-0.05, 0) is 31.4 Å². The number of thioether (sulfide) groups is 1. The van der Waals surface area contributed by atoms with Gasteiger partial charge in [0.2, 0.25) is 0 Å². The lowest BCUT2D eigenvalue weighted by atomic mass is 10.2. The number of aromatic nitrogens is 2. The number of nitrogens with zero attached hydrogens (tertiary/aromatic N) is 1. The highest BCUT2D eigenvalue weighted by Gasteiger charge is 2.26. The van der Waals surface area contributed by atoms with Crippen LogP contribution in [0.3, 0.4) is 0 Å². The number of H-pyrrole nitrogens is 1. The third-order valence-corrected chi connectivity index (χ3v) is 4.45. The first-order chi connectivity index (χ1) is 8.31. The number of nitrogens with one attached hydrogen (secondary N) is 2. The second kappa shape index (κ2) is 4.72. The Labute approximate surface area is 105 Å². The fourth-order valence-electron chi connectivity index (χ4n) is 2.16. The summed E-state index contributed by atoms with van der Waals surface area (Å²) in [6, 6.07) is 2.04. The normalized spacial score (nSPS) is 24.6. The maximum atomic E-state index is 11.5. The predicted octanol–water partition coefficient (Wildman–Crippen LogP) is 1.95. The summed E-state index contributed by atoms with van der Waals surface area (Å²) in [5.41, 5.74) is -0.0344.